The molecule has 4 unspecified atom stereocenters. The number of hydrogen-bond donors (Lipinski definition) is 0. The van der Waals surface area contributed by atoms with E-state index in [1.807, 2.05) is 0 Å². The van der Waals surface area contributed by atoms with Crippen LogP contribution in [0.1, 0.15) is 39.5 Å². The summed E-state index contributed by atoms with van der Waals surface area (Å²) in [6.45, 7) is 5.38. The van der Waals surface area contributed by atoms with E-state index in [1.165, 1.54) is 35.5 Å². The van der Waals surface area contributed by atoms with Gasteiger partial charge in [-0.15, -0.1) is 0 Å². The Hall–Kier alpha value is 0. The predicted octanol–water partition coefficient (Wildman–Crippen LogP) is 3.32. The molecular formula is C14H20. The summed E-state index contributed by atoms with van der Waals surface area (Å²) < 4.78 is 0. The lowest BCUT2D eigenvalue weighted by Gasteiger charge is -2.41. The van der Waals surface area contributed by atoms with Gasteiger partial charge < -0.3 is 0 Å². The van der Waals surface area contributed by atoms with Gasteiger partial charge in [-0.2, -0.15) is 0 Å². The van der Waals surface area contributed by atoms with Crippen LogP contribution in [0, 0.1) is 46.3 Å². The molecule has 0 aromatic carbocycles. The molecule has 14 heavy (non-hydrogen) atoms. The molecule has 0 radical (unpaired) electrons. The van der Waals surface area contributed by atoms with E-state index in [-0.39, 0.29) is 0 Å². The second-order valence-electron chi connectivity index (χ2n) is 7.30. The normalized spacial score (nSPS) is 81.0. The molecule has 0 amide bonds. The average Bonchev–Trinajstić information content (AvgIpc) is 2.88. The van der Waals surface area contributed by atoms with Crippen LogP contribution in [0.2, 0.25) is 0 Å². The third-order valence-corrected chi connectivity index (χ3v) is 8.12. The molecule has 6 aliphatic carbocycles. The zero-order valence-corrected chi connectivity index (χ0v) is 9.29. The third-order valence-electron chi connectivity index (χ3n) is 8.12. The molecule has 0 aliphatic heterocycles. The number of hydrogen-bond acceptors (Lipinski definition) is 0. The zero-order valence-electron chi connectivity index (χ0n) is 9.29. The van der Waals surface area contributed by atoms with Crippen molar-refractivity contribution in [3.05, 3.63) is 0 Å². The van der Waals surface area contributed by atoms with E-state index in [9.17, 15) is 0 Å². The summed E-state index contributed by atoms with van der Waals surface area (Å²) in [6, 6.07) is 0. The molecule has 6 rings (SSSR count). The van der Waals surface area contributed by atoms with E-state index in [0.717, 1.165) is 10.8 Å². The SMILES string of the molecule is CC12C3CCC1C1C3C3CCC1C32C. The van der Waals surface area contributed by atoms with E-state index in [4.69, 9.17) is 0 Å². The van der Waals surface area contributed by atoms with Crippen molar-refractivity contribution < 1.29 is 0 Å². The molecule has 0 saturated heterocycles. The third kappa shape index (κ3) is 0.366. The highest BCUT2D eigenvalue weighted by atomic mass is 14.9. The maximum Gasteiger partial charge on any atom is -0.0204 e. The minimum absolute atomic E-state index is 0.814. The number of rotatable bonds is 0. The van der Waals surface area contributed by atoms with Crippen molar-refractivity contribution in [2.75, 3.05) is 0 Å². The molecular weight excluding hydrogens is 168 g/mol. The smallest absolute Gasteiger partial charge is 0.0204 e. The molecule has 6 aliphatic rings. The van der Waals surface area contributed by atoms with Gasteiger partial charge in [0.15, 0.2) is 0 Å². The van der Waals surface area contributed by atoms with Gasteiger partial charge in [-0.3, -0.25) is 0 Å². The van der Waals surface area contributed by atoms with Gasteiger partial charge in [0.05, 0.1) is 0 Å². The lowest BCUT2D eigenvalue weighted by atomic mass is 9.63. The summed E-state index contributed by atoms with van der Waals surface area (Å²) in [5, 5.41) is 0. The van der Waals surface area contributed by atoms with Crippen molar-refractivity contribution in [2.45, 2.75) is 39.5 Å². The molecule has 76 valence electrons. The minimum atomic E-state index is 0.814. The first-order valence-electron chi connectivity index (χ1n) is 6.70. The van der Waals surface area contributed by atoms with E-state index in [2.05, 4.69) is 13.8 Å². The summed E-state index contributed by atoms with van der Waals surface area (Å²) >= 11 is 0. The predicted molar refractivity (Wildman–Crippen MR) is 55.6 cm³/mol. The van der Waals surface area contributed by atoms with Crippen molar-refractivity contribution in [3.63, 3.8) is 0 Å². The maximum absolute atomic E-state index is 2.69. The first-order valence-corrected chi connectivity index (χ1v) is 6.70. The first kappa shape index (κ1) is 7.30. The molecule has 4 atom stereocenters. The minimum Gasteiger partial charge on any atom is -0.0585 e. The fourth-order valence-electron chi connectivity index (χ4n) is 8.07. The molecule has 0 N–H and O–H groups in total. The largest absolute Gasteiger partial charge is 0.0585 e. The molecule has 0 heterocycles. The summed E-state index contributed by atoms with van der Waals surface area (Å²) in [5.74, 6) is 7.10. The first-order chi connectivity index (χ1) is 6.70. The summed E-state index contributed by atoms with van der Waals surface area (Å²) in [5.41, 5.74) is 1.63. The lowest BCUT2D eigenvalue weighted by molar-refractivity contribution is 0.0634. The Morgan fingerprint density at radius 2 is 0.929 bits per heavy atom. The highest BCUT2D eigenvalue weighted by Gasteiger charge is 2.86. The van der Waals surface area contributed by atoms with Gasteiger partial charge in [-0.25, -0.2) is 0 Å². The van der Waals surface area contributed by atoms with Gasteiger partial charge in [0, 0.05) is 0 Å². The van der Waals surface area contributed by atoms with E-state index in [0.29, 0.717) is 0 Å². The Morgan fingerprint density at radius 1 is 0.643 bits per heavy atom. The van der Waals surface area contributed by atoms with Crippen molar-refractivity contribution in [3.8, 4) is 0 Å². The fourth-order valence-corrected chi connectivity index (χ4v) is 8.07. The molecule has 0 aromatic heterocycles. The average molecular weight is 188 g/mol. The molecule has 6 fully saturated rings. The van der Waals surface area contributed by atoms with Crippen molar-refractivity contribution in [1.29, 1.82) is 0 Å². The van der Waals surface area contributed by atoms with Crippen LogP contribution in [-0.2, 0) is 0 Å². The Kier molecular flexibility index (Phi) is 0.845. The van der Waals surface area contributed by atoms with Crippen LogP contribution in [0.25, 0.3) is 0 Å². The highest BCUT2D eigenvalue weighted by Crippen LogP contribution is 2.92. The van der Waals surface area contributed by atoms with Crippen LogP contribution in [0.3, 0.4) is 0 Å². The Balaban J connectivity index is 1.87. The van der Waals surface area contributed by atoms with Crippen LogP contribution >= 0.6 is 0 Å². The fraction of sp³-hybridized carbons (Fsp3) is 1.00. The molecule has 6 saturated carbocycles. The molecule has 0 spiro atoms. The van der Waals surface area contributed by atoms with Crippen molar-refractivity contribution in [1.82, 2.24) is 0 Å². The van der Waals surface area contributed by atoms with Gasteiger partial charge >= 0.3 is 0 Å². The van der Waals surface area contributed by atoms with Crippen LogP contribution in [0.4, 0.5) is 0 Å². The van der Waals surface area contributed by atoms with E-state index < -0.39 is 0 Å². The van der Waals surface area contributed by atoms with Crippen molar-refractivity contribution >= 4 is 0 Å². The second kappa shape index (κ2) is 1.62. The summed E-state index contributed by atoms with van der Waals surface area (Å²) in [7, 11) is 0. The second-order valence-corrected chi connectivity index (χ2v) is 7.30. The summed E-state index contributed by atoms with van der Waals surface area (Å²) in [6.07, 6.45) is 6.39. The van der Waals surface area contributed by atoms with E-state index >= 15 is 0 Å². The quantitative estimate of drug-likeness (QED) is 0.547. The topological polar surface area (TPSA) is 0 Å². The van der Waals surface area contributed by atoms with Crippen LogP contribution < -0.4 is 0 Å². The maximum atomic E-state index is 2.69. The van der Waals surface area contributed by atoms with Gasteiger partial charge in [-0.1, -0.05) is 13.8 Å². The van der Waals surface area contributed by atoms with Crippen molar-refractivity contribution in [2.24, 2.45) is 46.3 Å². The molecule has 0 aromatic rings. The van der Waals surface area contributed by atoms with Crippen LogP contribution in [0.5, 0.6) is 0 Å². The van der Waals surface area contributed by atoms with Gasteiger partial charge in [0.2, 0.25) is 0 Å². The van der Waals surface area contributed by atoms with Gasteiger partial charge in [0.1, 0.15) is 0 Å². The lowest BCUT2D eigenvalue weighted by Crippen LogP contribution is -2.36. The Labute approximate surface area is 86.5 Å². The standard InChI is InChI=1S/C14H20/c1-13-7-3-4-8(13)12-10-6-5-9(11(7)12)14(10,13)2/h7-12H,3-6H2,1-2H3. The Morgan fingerprint density at radius 3 is 1.21 bits per heavy atom. The highest BCUT2D eigenvalue weighted by molar-refractivity contribution is 5.34. The van der Waals surface area contributed by atoms with Gasteiger partial charge in [-0.05, 0) is 72.0 Å². The Bertz CT molecular complexity index is 284. The van der Waals surface area contributed by atoms with Crippen LogP contribution in [-0.4, -0.2) is 0 Å². The monoisotopic (exact) mass is 188 g/mol. The van der Waals surface area contributed by atoms with E-state index in [1.54, 1.807) is 25.7 Å². The molecule has 0 heteroatoms. The van der Waals surface area contributed by atoms with Gasteiger partial charge in [0.25, 0.3) is 0 Å². The molecule has 0 nitrogen and oxygen atoms in total. The zero-order chi connectivity index (χ0) is 9.29. The summed E-state index contributed by atoms with van der Waals surface area (Å²) in [4.78, 5) is 0. The van der Waals surface area contributed by atoms with Crippen LogP contribution in [0.15, 0.2) is 0 Å². The molecule has 8 bridgehead atoms.